The number of rotatable bonds is 6. The van der Waals surface area contributed by atoms with E-state index in [9.17, 15) is 4.79 Å². The molecule has 1 fully saturated rings. The van der Waals surface area contributed by atoms with Crippen LogP contribution in [0.2, 0.25) is 0 Å². The van der Waals surface area contributed by atoms with E-state index in [-0.39, 0.29) is 6.09 Å². The summed E-state index contributed by atoms with van der Waals surface area (Å²) in [6.07, 6.45) is 6.24. The molecule has 0 aromatic carbocycles. The molecule has 1 rings (SSSR count). The van der Waals surface area contributed by atoms with Crippen molar-refractivity contribution in [3.05, 3.63) is 0 Å². The van der Waals surface area contributed by atoms with E-state index < -0.39 is 5.60 Å². The van der Waals surface area contributed by atoms with Crippen LogP contribution in [0.25, 0.3) is 0 Å². The van der Waals surface area contributed by atoms with Gasteiger partial charge in [0.1, 0.15) is 5.60 Å². The summed E-state index contributed by atoms with van der Waals surface area (Å²) in [4.78, 5) is 13.4. The molecule has 0 unspecified atom stereocenters. The lowest BCUT2D eigenvalue weighted by atomic mass is 9.83. The second-order valence-electron chi connectivity index (χ2n) is 7.59. The average Bonchev–Trinajstić information content (AvgIpc) is 2.38. The molecule has 0 aliphatic heterocycles. The molecular formula is C17H34N2O2. The molecule has 4 heteroatoms. The fraction of sp³-hybridized carbons (Fsp3) is 0.941. The number of nitrogens with one attached hydrogen (secondary N) is 1. The fourth-order valence-electron chi connectivity index (χ4n) is 2.71. The number of ether oxygens (including phenoxy) is 1. The third-order valence-corrected chi connectivity index (χ3v) is 4.12. The van der Waals surface area contributed by atoms with Crippen LogP contribution in [-0.2, 0) is 4.74 Å². The van der Waals surface area contributed by atoms with E-state index in [1.54, 1.807) is 11.9 Å². The van der Waals surface area contributed by atoms with Crippen LogP contribution in [0, 0.1) is 11.8 Å². The van der Waals surface area contributed by atoms with E-state index in [2.05, 4.69) is 12.2 Å². The second kappa shape index (κ2) is 8.62. The Balaban J connectivity index is 2.04. The molecule has 0 atom stereocenters. The minimum atomic E-state index is -0.415. The molecule has 1 aliphatic rings. The molecule has 0 aromatic rings. The van der Waals surface area contributed by atoms with Crippen LogP contribution in [-0.4, -0.2) is 43.3 Å². The number of carbonyl (C=O) groups excluding carboxylic acids is 1. The maximum absolute atomic E-state index is 11.8. The van der Waals surface area contributed by atoms with Crippen LogP contribution in [0.5, 0.6) is 0 Å². The fourth-order valence-corrected chi connectivity index (χ4v) is 2.71. The first-order valence-corrected chi connectivity index (χ1v) is 8.43. The van der Waals surface area contributed by atoms with Crippen LogP contribution >= 0.6 is 0 Å². The Morgan fingerprint density at radius 1 is 1.24 bits per heavy atom. The van der Waals surface area contributed by atoms with Crippen LogP contribution < -0.4 is 5.32 Å². The molecule has 0 aromatic heterocycles. The molecule has 1 N–H and O–H groups in total. The number of carbonyl (C=O) groups is 1. The van der Waals surface area contributed by atoms with Gasteiger partial charge in [0.25, 0.3) is 0 Å². The predicted molar refractivity (Wildman–Crippen MR) is 87.5 cm³/mol. The minimum absolute atomic E-state index is 0.233. The molecule has 1 aliphatic carbocycles. The van der Waals surface area contributed by atoms with E-state index in [4.69, 9.17) is 4.74 Å². The van der Waals surface area contributed by atoms with Crippen LogP contribution in [0.3, 0.4) is 0 Å². The lowest BCUT2D eigenvalue weighted by molar-refractivity contribution is 0.0297. The molecule has 1 amide bonds. The monoisotopic (exact) mass is 298 g/mol. The standard InChI is InChI=1S/C17H34N2O2/c1-14-7-9-15(10-8-14)13-18-11-6-12-19(5)16(20)21-17(2,3)4/h14-15,18H,6-13H2,1-5H3. The lowest BCUT2D eigenvalue weighted by Crippen LogP contribution is -2.36. The first-order chi connectivity index (χ1) is 9.78. The van der Waals surface area contributed by atoms with Gasteiger partial charge in [-0.3, -0.25) is 0 Å². The summed E-state index contributed by atoms with van der Waals surface area (Å²) in [5, 5.41) is 3.53. The van der Waals surface area contributed by atoms with Crippen LogP contribution in [0.1, 0.15) is 59.8 Å². The number of nitrogens with zero attached hydrogens (tertiary/aromatic N) is 1. The zero-order valence-corrected chi connectivity index (χ0v) is 14.6. The Kier molecular flexibility index (Phi) is 7.50. The highest BCUT2D eigenvalue weighted by molar-refractivity contribution is 5.67. The molecule has 0 spiro atoms. The zero-order valence-electron chi connectivity index (χ0n) is 14.6. The number of hydrogen-bond acceptors (Lipinski definition) is 3. The minimum Gasteiger partial charge on any atom is -0.444 e. The predicted octanol–water partition coefficient (Wildman–Crippen LogP) is 3.66. The SMILES string of the molecule is CC1CCC(CNCCCN(C)C(=O)OC(C)(C)C)CC1. The largest absolute Gasteiger partial charge is 0.444 e. The Morgan fingerprint density at radius 3 is 2.43 bits per heavy atom. The van der Waals surface area contributed by atoms with Crippen molar-refractivity contribution in [3.8, 4) is 0 Å². The van der Waals surface area contributed by atoms with Crippen LogP contribution in [0.15, 0.2) is 0 Å². The van der Waals surface area contributed by atoms with E-state index in [0.717, 1.165) is 37.9 Å². The summed E-state index contributed by atoms with van der Waals surface area (Å²) >= 11 is 0. The molecular weight excluding hydrogens is 264 g/mol. The number of amides is 1. The highest BCUT2D eigenvalue weighted by Gasteiger charge is 2.19. The van der Waals surface area contributed by atoms with Gasteiger partial charge in [0.15, 0.2) is 0 Å². The number of hydrogen-bond donors (Lipinski definition) is 1. The highest BCUT2D eigenvalue weighted by Crippen LogP contribution is 2.27. The van der Waals surface area contributed by atoms with E-state index in [1.807, 2.05) is 20.8 Å². The van der Waals surface area contributed by atoms with Crippen molar-refractivity contribution in [1.29, 1.82) is 0 Å². The molecule has 0 radical (unpaired) electrons. The van der Waals surface area contributed by atoms with Gasteiger partial charge in [-0.05, 0) is 65.0 Å². The van der Waals surface area contributed by atoms with E-state index in [0.29, 0.717) is 0 Å². The summed E-state index contributed by atoms with van der Waals surface area (Å²) in [6.45, 7) is 10.9. The van der Waals surface area contributed by atoms with Gasteiger partial charge in [-0.25, -0.2) is 4.79 Å². The second-order valence-corrected chi connectivity index (χ2v) is 7.59. The van der Waals surface area contributed by atoms with E-state index in [1.165, 1.54) is 25.7 Å². The maximum Gasteiger partial charge on any atom is 0.410 e. The third-order valence-electron chi connectivity index (χ3n) is 4.12. The van der Waals surface area contributed by atoms with Crippen molar-refractivity contribution >= 4 is 6.09 Å². The van der Waals surface area contributed by atoms with Gasteiger partial charge in [-0.2, -0.15) is 0 Å². The molecule has 1 saturated carbocycles. The van der Waals surface area contributed by atoms with Crippen LogP contribution in [0.4, 0.5) is 4.79 Å². The Hall–Kier alpha value is -0.770. The molecule has 124 valence electrons. The summed E-state index contributed by atoms with van der Waals surface area (Å²) < 4.78 is 5.33. The van der Waals surface area contributed by atoms with Gasteiger partial charge >= 0.3 is 6.09 Å². The Labute approximate surface area is 130 Å². The summed E-state index contributed by atoms with van der Waals surface area (Å²) in [5.74, 6) is 1.77. The summed E-state index contributed by atoms with van der Waals surface area (Å²) in [7, 11) is 1.80. The topological polar surface area (TPSA) is 41.6 Å². The van der Waals surface area contributed by atoms with Gasteiger partial charge in [-0.1, -0.05) is 19.8 Å². The molecule has 4 nitrogen and oxygen atoms in total. The van der Waals surface area contributed by atoms with Crippen molar-refractivity contribution in [2.75, 3.05) is 26.7 Å². The normalized spacial score (nSPS) is 22.9. The third kappa shape index (κ3) is 8.30. The van der Waals surface area contributed by atoms with Crippen molar-refractivity contribution in [3.63, 3.8) is 0 Å². The Morgan fingerprint density at radius 2 is 1.86 bits per heavy atom. The maximum atomic E-state index is 11.8. The average molecular weight is 298 g/mol. The summed E-state index contributed by atoms with van der Waals surface area (Å²) in [6, 6.07) is 0. The van der Waals surface area contributed by atoms with Crippen molar-refractivity contribution < 1.29 is 9.53 Å². The molecule has 21 heavy (non-hydrogen) atoms. The van der Waals surface area contributed by atoms with Gasteiger partial charge < -0.3 is 15.0 Å². The zero-order chi connectivity index (χ0) is 15.9. The summed E-state index contributed by atoms with van der Waals surface area (Å²) in [5.41, 5.74) is -0.415. The first kappa shape index (κ1) is 18.3. The van der Waals surface area contributed by atoms with Crippen molar-refractivity contribution in [2.45, 2.75) is 65.4 Å². The highest BCUT2D eigenvalue weighted by atomic mass is 16.6. The quantitative estimate of drug-likeness (QED) is 0.761. The van der Waals surface area contributed by atoms with Crippen molar-refractivity contribution in [2.24, 2.45) is 11.8 Å². The van der Waals surface area contributed by atoms with E-state index >= 15 is 0 Å². The van der Waals surface area contributed by atoms with Gasteiger partial charge in [-0.15, -0.1) is 0 Å². The van der Waals surface area contributed by atoms with Gasteiger partial charge in [0.05, 0.1) is 0 Å². The Bertz CT molecular complexity index is 304. The lowest BCUT2D eigenvalue weighted by Gasteiger charge is -2.26. The van der Waals surface area contributed by atoms with Crippen molar-refractivity contribution in [1.82, 2.24) is 10.2 Å². The smallest absolute Gasteiger partial charge is 0.410 e. The molecule has 0 saturated heterocycles. The molecule has 0 bridgehead atoms. The first-order valence-electron chi connectivity index (χ1n) is 8.43. The molecule has 0 heterocycles. The van der Waals surface area contributed by atoms with Gasteiger partial charge in [0.2, 0.25) is 0 Å². The van der Waals surface area contributed by atoms with Gasteiger partial charge in [0, 0.05) is 13.6 Å².